The van der Waals surface area contributed by atoms with Gasteiger partial charge in [-0.3, -0.25) is 19.9 Å². The minimum absolute atomic E-state index is 0.0170. The standard InChI is InChI=1S/C16H25N7OS2/c1-3-25-16-20-19-15(26-16)18-14(24)12-22-8-6-21(7-9-22)10-11-23-5-4-17-13(23)2/h4-5H,3,6-12H2,1-2H3,(H,18,19,24). The summed E-state index contributed by atoms with van der Waals surface area (Å²) in [5, 5.41) is 11.5. The minimum Gasteiger partial charge on any atom is -0.334 e. The number of piperazine rings is 1. The van der Waals surface area contributed by atoms with Gasteiger partial charge >= 0.3 is 0 Å². The number of imidazole rings is 1. The van der Waals surface area contributed by atoms with Crippen LogP contribution in [0, 0.1) is 6.92 Å². The summed E-state index contributed by atoms with van der Waals surface area (Å²) in [6.07, 6.45) is 3.86. The van der Waals surface area contributed by atoms with Gasteiger partial charge in [0.15, 0.2) is 4.34 Å². The Hall–Kier alpha value is -1.49. The Bertz CT molecular complexity index is 709. The van der Waals surface area contributed by atoms with Crippen molar-refractivity contribution in [2.45, 2.75) is 24.7 Å². The summed E-state index contributed by atoms with van der Waals surface area (Å²) in [5.74, 6) is 1.99. The zero-order valence-corrected chi connectivity index (χ0v) is 16.9. The van der Waals surface area contributed by atoms with E-state index < -0.39 is 0 Å². The van der Waals surface area contributed by atoms with E-state index in [-0.39, 0.29) is 5.91 Å². The normalized spacial score (nSPS) is 16.1. The van der Waals surface area contributed by atoms with E-state index in [0.717, 1.165) is 55.2 Å². The maximum absolute atomic E-state index is 12.2. The molecule has 0 bridgehead atoms. The van der Waals surface area contributed by atoms with Gasteiger partial charge in [-0.25, -0.2) is 4.98 Å². The third-order valence-electron chi connectivity index (χ3n) is 4.33. The topological polar surface area (TPSA) is 79.2 Å². The number of anilines is 1. The maximum atomic E-state index is 12.2. The highest BCUT2D eigenvalue weighted by molar-refractivity contribution is 8.01. The van der Waals surface area contributed by atoms with Crippen molar-refractivity contribution in [1.82, 2.24) is 29.5 Å². The van der Waals surface area contributed by atoms with Crippen molar-refractivity contribution in [1.29, 1.82) is 0 Å². The quantitative estimate of drug-likeness (QED) is 0.535. The first-order valence-electron chi connectivity index (χ1n) is 8.82. The molecule has 26 heavy (non-hydrogen) atoms. The molecule has 2 aromatic rings. The summed E-state index contributed by atoms with van der Waals surface area (Å²) in [7, 11) is 0. The SMILES string of the molecule is CCSc1nnc(NC(=O)CN2CCN(CCn3ccnc3C)CC2)s1. The Morgan fingerprint density at radius 2 is 2.00 bits per heavy atom. The first-order valence-corrected chi connectivity index (χ1v) is 10.6. The maximum Gasteiger partial charge on any atom is 0.240 e. The van der Waals surface area contributed by atoms with Crippen LogP contribution in [0.5, 0.6) is 0 Å². The molecule has 3 rings (SSSR count). The van der Waals surface area contributed by atoms with Gasteiger partial charge in [0.05, 0.1) is 6.54 Å². The average Bonchev–Trinajstić information content (AvgIpc) is 3.23. The largest absolute Gasteiger partial charge is 0.334 e. The molecule has 0 radical (unpaired) electrons. The smallest absolute Gasteiger partial charge is 0.240 e. The fourth-order valence-electron chi connectivity index (χ4n) is 2.86. The van der Waals surface area contributed by atoms with E-state index in [4.69, 9.17) is 0 Å². The lowest BCUT2D eigenvalue weighted by Gasteiger charge is -2.34. The van der Waals surface area contributed by atoms with Gasteiger partial charge in [0.25, 0.3) is 0 Å². The molecule has 2 aromatic heterocycles. The van der Waals surface area contributed by atoms with Crippen LogP contribution in [0.25, 0.3) is 0 Å². The molecule has 1 N–H and O–H groups in total. The monoisotopic (exact) mass is 395 g/mol. The Labute approximate surface area is 162 Å². The molecule has 0 aromatic carbocycles. The van der Waals surface area contributed by atoms with Gasteiger partial charge in [-0.2, -0.15) is 0 Å². The number of aromatic nitrogens is 4. The first kappa shape index (κ1) is 19.3. The molecule has 1 fully saturated rings. The van der Waals surface area contributed by atoms with E-state index in [9.17, 15) is 4.79 Å². The van der Waals surface area contributed by atoms with Crippen LogP contribution in [0.3, 0.4) is 0 Å². The van der Waals surface area contributed by atoms with Crippen molar-refractivity contribution < 1.29 is 4.79 Å². The van der Waals surface area contributed by atoms with Crippen molar-refractivity contribution in [2.75, 3.05) is 50.3 Å². The number of hydrogen-bond donors (Lipinski definition) is 1. The van der Waals surface area contributed by atoms with E-state index in [0.29, 0.717) is 11.7 Å². The molecule has 1 amide bonds. The molecule has 0 spiro atoms. The lowest BCUT2D eigenvalue weighted by molar-refractivity contribution is -0.117. The van der Waals surface area contributed by atoms with Crippen molar-refractivity contribution in [2.24, 2.45) is 0 Å². The highest BCUT2D eigenvalue weighted by Gasteiger charge is 2.19. The van der Waals surface area contributed by atoms with Gasteiger partial charge in [0.2, 0.25) is 11.0 Å². The van der Waals surface area contributed by atoms with Gasteiger partial charge < -0.3 is 4.57 Å². The Kier molecular flexibility index (Phi) is 7.00. The zero-order chi connectivity index (χ0) is 18.4. The molecule has 1 aliphatic heterocycles. The van der Waals surface area contributed by atoms with Gasteiger partial charge in [-0.05, 0) is 12.7 Å². The molecule has 0 unspecified atom stereocenters. The van der Waals surface area contributed by atoms with Gasteiger partial charge in [-0.15, -0.1) is 10.2 Å². The third-order valence-corrected chi connectivity index (χ3v) is 6.19. The fraction of sp³-hybridized carbons (Fsp3) is 0.625. The molecule has 1 aliphatic rings. The second kappa shape index (κ2) is 9.45. The zero-order valence-electron chi connectivity index (χ0n) is 15.2. The summed E-state index contributed by atoms with van der Waals surface area (Å²) in [6.45, 7) is 10.3. The summed E-state index contributed by atoms with van der Waals surface area (Å²) < 4.78 is 3.07. The summed E-state index contributed by atoms with van der Waals surface area (Å²) >= 11 is 3.06. The number of aryl methyl sites for hydroxylation is 1. The van der Waals surface area contributed by atoms with Crippen LogP contribution in [-0.4, -0.2) is 80.5 Å². The van der Waals surface area contributed by atoms with Gasteiger partial charge in [0, 0.05) is 51.7 Å². The number of amides is 1. The highest BCUT2D eigenvalue weighted by Crippen LogP contribution is 2.24. The minimum atomic E-state index is -0.0170. The molecule has 142 valence electrons. The van der Waals surface area contributed by atoms with Crippen LogP contribution >= 0.6 is 23.1 Å². The molecule has 0 saturated carbocycles. The van der Waals surface area contributed by atoms with Crippen LogP contribution in [0.2, 0.25) is 0 Å². The molecular formula is C16H25N7OS2. The lowest BCUT2D eigenvalue weighted by atomic mass is 10.3. The molecular weight excluding hydrogens is 370 g/mol. The van der Waals surface area contributed by atoms with E-state index in [1.165, 1.54) is 11.3 Å². The molecule has 3 heterocycles. The average molecular weight is 396 g/mol. The van der Waals surface area contributed by atoms with Crippen LogP contribution < -0.4 is 5.32 Å². The number of carbonyl (C=O) groups excluding carboxylic acids is 1. The number of hydrogen-bond acceptors (Lipinski definition) is 8. The van der Waals surface area contributed by atoms with Crippen LogP contribution in [0.4, 0.5) is 5.13 Å². The first-order chi connectivity index (χ1) is 12.6. The van der Waals surface area contributed by atoms with E-state index in [2.05, 4.69) is 41.8 Å². The molecule has 0 atom stereocenters. The van der Waals surface area contributed by atoms with Gasteiger partial charge in [0.1, 0.15) is 5.82 Å². The van der Waals surface area contributed by atoms with Crippen molar-refractivity contribution in [3.05, 3.63) is 18.2 Å². The van der Waals surface area contributed by atoms with Crippen LogP contribution in [-0.2, 0) is 11.3 Å². The third kappa shape index (κ3) is 5.50. The Morgan fingerprint density at radius 1 is 1.23 bits per heavy atom. The van der Waals surface area contributed by atoms with Crippen LogP contribution in [0.15, 0.2) is 16.7 Å². The van der Waals surface area contributed by atoms with E-state index in [1.807, 2.05) is 19.3 Å². The summed E-state index contributed by atoms with van der Waals surface area (Å²) in [4.78, 5) is 21.1. The number of carbonyl (C=O) groups is 1. The van der Waals surface area contributed by atoms with Gasteiger partial charge in [-0.1, -0.05) is 30.0 Å². The number of rotatable bonds is 8. The van der Waals surface area contributed by atoms with Crippen molar-refractivity contribution >= 4 is 34.1 Å². The number of nitrogens with zero attached hydrogens (tertiary/aromatic N) is 6. The lowest BCUT2D eigenvalue weighted by Crippen LogP contribution is -2.49. The molecule has 8 nitrogen and oxygen atoms in total. The fourth-order valence-corrected chi connectivity index (χ4v) is 4.53. The molecule has 10 heteroatoms. The van der Waals surface area contributed by atoms with E-state index in [1.54, 1.807) is 11.8 Å². The second-order valence-electron chi connectivity index (χ2n) is 6.14. The Morgan fingerprint density at radius 3 is 2.69 bits per heavy atom. The van der Waals surface area contributed by atoms with E-state index >= 15 is 0 Å². The molecule has 1 saturated heterocycles. The van der Waals surface area contributed by atoms with Crippen molar-refractivity contribution in [3.8, 4) is 0 Å². The van der Waals surface area contributed by atoms with Crippen LogP contribution in [0.1, 0.15) is 12.7 Å². The Balaban J connectivity index is 1.36. The second-order valence-corrected chi connectivity index (χ2v) is 8.63. The number of thioether (sulfide) groups is 1. The predicted molar refractivity (Wildman–Crippen MR) is 105 cm³/mol. The van der Waals surface area contributed by atoms with Crippen molar-refractivity contribution in [3.63, 3.8) is 0 Å². The number of nitrogens with one attached hydrogen (secondary N) is 1. The highest BCUT2D eigenvalue weighted by atomic mass is 32.2. The molecule has 0 aliphatic carbocycles. The predicted octanol–water partition coefficient (Wildman–Crippen LogP) is 1.41. The summed E-state index contributed by atoms with van der Waals surface area (Å²) in [5.41, 5.74) is 0. The summed E-state index contributed by atoms with van der Waals surface area (Å²) in [6, 6.07) is 0.